The molecule has 1 N–H and O–H groups in total. The Balaban J connectivity index is 2.30. The third-order valence-corrected chi connectivity index (χ3v) is 4.38. The van der Waals surface area contributed by atoms with E-state index < -0.39 is 6.10 Å². The molecule has 116 valence electrons. The average molecular weight is 290 g/mol. The van der Waals surface area contributed by atoms with Gasteiger partial charge in [-0.15, -0.1) is 0 Å². The van der Waals surface area contributed by atoms with Crippen LogP contribution in [0.5, 0.6) is 0 Å². The van der Waals surface area contributed by atoms with Gasteiger partial charge >= 0.3 is 0 Å². The molecule has 0 saturated heterocycles. The van der Waals surface area contributed by atoms with Crippen molar-refractivity contribution in [2.24, 2.45) is 0 Å². The standard InChI is InChI=1S/C17H26N2O2/c1-4-18(5-2)17(21)13(3)19-12-8-11-16(20)14-9-6-7-10-15(14)19/h6-7,9-10,13,16,20H,4-5,8,11-12H2,1-3H3. The van der Waals surface area contributed by atoms with Gasteiger partial charge in [0.2, 0.25) is 5.91 Å². The maximum Gasteiger partial charge on any atom is 0.244 e. The summed E-state index contributed by atoms with van der Waals surface area (Å²) in [6.07, 6.45) is 1.22. The number of likely N-dealkylation sites (N-methyl/N-ethyl adjacent to an activating group) is 1. The molecule has 1 aromatic rings. The van der Waals surface area contributed by atoms with E-state index in [0.29, 0.717) is 0 Å². The summed E-state index contributed by atoms with van der Waals surface area (Å²) >= 11 is 0. The predicted octanol–water partition coefficient (Wildman–Crippen LogP) is 2.58. The van der Waals surface area contributed by atoms with Crippen molar-refractivity contribution in [3.05, 3.63) is 29.8 Å². The summed E-state index contributed by atoms with van der Waals surface area (Å²) in [4.78, 5) is 16.6. The van der Waals surface area contributed by atoms with E-state index >= 15 is 0 Å². The number of aliphatic hydroxyl groups excluding tert-OH is 1. The molecule has 21 heavy (non-hydrogen) atoms. The number of hydrogen-bond acceptors (Lipinski definition) is 3. The number of anilines is 1. The topological polar surface area (TPSA) is 43.8 Å². The van der Waals surface area contributed by atoms with E-state index in [2.05, 4.69) is 4.90 Å². The Morgan fingerprint density at radius 2 is 2.05 bits per heavy atom. The Morgan fingerprint density at radius 3 is 2.71 bits per heavy atom. The molecule has 0 fully saturated rings. The van der Waals surface area contributed by atoms with Crippen molar-refractivity contribution in [1.82, 2.24) is 4.90 Å². The molecule has 0 radical (unpaired) electrons. The van der Waals surface area contributed by atoms with E-state index in [1.54, 1.807) is 0 Å². The number of aliphatic hydroxyl groups is 1. The van der Waals surface area contributed by atoms with E-state index in [9.17, 15) is 9.90 Å². The molecule has 0 aromatic heterocycles. The van der Waals surface area contributed by atoms with Gasteiger partial charge < -0.3 is 14.9 Å². The maximum atomic E-state index is 12.6. The SMILES string of the molecule is CCN(CC)C(=O)C(C)N1CCCC(O)c2ccccc21. The van der Waals surface area contributed by atoms with Gasteiger partial charge in [0.1, 0.15) is 6.04 Å². The van der Waals surface area contributed by atoms with Crippen LogP contribution in [0, 0.1) is 0 Å². The van der Waals surface area contributed by atoms with Crippen LogP contribution in [0.2, 0.25) is 0 Å². The van der Waals surface area contributed by atoms with E-state index in [4.69, 9.17) is 0 Å². The number of para-hydroxylation sites is 1. The highest BCUT2D eigenvalue weighted by Crippen LogP contribution is 2.33. The van der Waals surface area contributed by atoms with Crippen molar-refractivity contribution in [3.8, 4) is 0 Å². The minimum atomic E-state index is -0.429. The lowest BCUT2D eigenvalue weighted by Gasteiger charge is -2.33. The molecule has 0 spiro atoms. The van der Waals surface area contributed by atoms with Crippen molar-refractivity contribution in [3.63, 3.8) is 0 Å². The highest BCUT2D eigenvalue weighted by Gasteiger charge is 2.29. The second-order valence-corrected chi connectivity index (χ2v) is 5.60. The van der Waals surface area contributed by atoms with Gasteiger partial charge in [0.25, 0.3) is 0 Å². The van der Waals surface area contributed by atoms with Gasteiger partial charge in [-0.1, -0.05) is 18.2 Å². The van der Waals surface area contributed by atoms with Crippen LogP contribution >= 0.6 is 0 Å². The fourth-order valence-electron chi connectivity index (χ4n) is 3.10. The van der Waals surface area contributed by atoms with Crippen molar-refractivity contribution < 1.29 is 9.90 Å². The van der Waals surface area contributed by atoms with Gasteiger partial charge in [-0.3, -0.25) is 4.79 Å². The van der Waals surface area contributed by atoms with Gasteiger partial charge in [-0.25, -0.2) is 0 Å². The zero-order valence-corrected chi connectivity index (χ0v) is 13.2. The molecule has 1 aromatic carbocycles. The first kappa shape index (κ1) is 15.8. The lowest BCUT2D eigenvalue weighted by molar-refractivity contribution is -0.131. The Morgan fingerprint density at radius 1 is 1.38 bits per heavy atom. The quantitative estimate of drug-likeness (QED) is 0.927. The molecule has 2 unspecified atom stereocenters. The zero-order valence-electron chi connectivity index (χ0n) is 13.2. The molecular weight excluding hydrogens is 264 g/mol. The summed E-state index contributed by atoms with van der Waals surface area (Å²) in [6.45, 7) is 8.26. The largest absolute Gasteiger partial charge is 0.388 e. The molecule has 1 heterocycles. The first-order valence-corrected chi connectivity index (χ1v) is 7.92. The highest BCUT2D eigenvalue weighted by molar-refractivity contribution is 5.85. The second kappa shape index (κ2) is 6.94. The van der Waals surface area contributed by atoms with Crippen molar-refractivity contribution >= 4 is 11.6 Å². The molecular formula is C17H26N2O2. The Hall–Kier alpha value is -1.55. The molecule has 4 nitrogen and oxygen atoms in total. The number of hydrogen-bond donors (Lipinski definition) is 1. The summed E-state index contributed by atoms with van der Waals surface area (Å²) in [5, 5.41) is 10.3. The highest BCUT2D eigenvalue weighted by atomic mass is 16.3. The smallest absolute Gasteiger partial charge is 0.244 e. The first-order valence-electron chi connectivity index (χ1n) is 7.92. The van der Waals surface area contributed by atoms with E-state index in [-0.39, 0.29) is 11.9 Å². The van der Waals surface area contributed by atoms with Crippen LogP contribution in [0.25, 0.3) is 0 Å². The first-order chi connectivity index (χ1) is 10.1. The van der Waals surface area contributed by atoms with E-state index in [1.807, 2.05) is 49.9 Å². The summed E-state index contributed by atoms with van der Waals surface area (Å²) in [5.41, 5.74) is 1.93. The molecule has 2 rings (SSSR count). The fourth-order valence-corrected chi connectivity index (χ4v) is 3.10. The number of fused-ring (bicyclic) bond motifs is 1. The molecule has 0 aliphatic carbocycles. The summed E-state index contributed by atoms with van der Waals surface area (Å²) in [7, 11) is 0. The Kier molecular flexibility index (Phi) is 5.23. The third-order valence-electron chi connectivity index (χ3n) is 4.38. The molecule has 4 heteroatoms. The van der Waals surface area contributed by atoms with Crippen LogP contribution < -0.4 is 4.90 Å². The van der Waals surface area contributed by atoms with Gasteiger partial charge in [0.05, 0.1) is 6.10 Å². The van der Waals surface area contributed by atoms with E-state index in [0.717, 1.165) is 43.7 Å². The number of rotatable bonds is 4. The molecule has 1 aliphatic heterocycles. The van der Waals surface area contributed by atoms with Gasteiger partial charge in [-0.2, -0.15) is 0 Å². The monoisotopic (exact) mass is 290 g/mol. The lowest BCUT2D eigenvalue weighted by atomic mass is 10.0. The Bertz CT molecular complexity index is 485. The van der Waals surface area contributed by atoms with E-state index in [1.165, 1.54) is 0 Å². The van der Waals surface area contributed by atoms with Gasteiger partial charge in [0.15, 0.2) is 0 Å². The molecule has 2 atom stereocenters. The van der Waals surface area contributed by atoms with Crippen molar-refractivity contribution in [1.29, 1.82) is 0 Å². The van der Waals surface area contributed by atoms with Crippen LogP contribution in [0.3, 0.4) is 0 Å². The average Bonchev–Trinajstić information content (AvgIpc) is 2.67. The lowest BCUT2D eigenvalue weighted by Crippen LogP contribution is -2.47. The van der Waals surface area contributed by atoms with Crippen LogP contribution in [0.15, 0.2) is 24.3 Å². The predicted molar refractivity (Wildman–Crippen MR) is 85.4 cm³/mol. The van der Waals surface area contributed by atoms with Gasteiger partial charge in [0, 0.05) is 30.9 Å². The summed E-state index contributed by atoms with van der Waals surface area (Å²) in [5.74, 6) is 0.159. The molecule has 1 aliphatic rings. The number of amides is 1. The van der Waals surface area contributed by atoms with Crippen LogP contribution in [-0.2, 0) is 4.79 Å². The van der Waals surface area contributed by atoms with Crippen LogP contribution in [0.1, 0.15) is 45.3 Å². The normalized spacial score (nSPS) is 19.6. The summed E-state index contributed by atoms with van der Waals surface area (Å²) in [6, 6.07) is 7.69. The van der Waals surface area contributed by atoms with Crippen molar-refractivity contribution in [2.45, 2.75) is 45.8 Å². The fraction of sp³-hybridized carbons (Fsp3) is 0.588. The van der Waals surface area contributed by atoms with Gasteiger partial charge in [-0.05, 0) is 39.7 Å². The minimum absolute atomic E-state index is 0.159. The minimum Gasteiger partial charge on any atom is -0.388 e. The van der Waals surface area contributed by atoms with Crippen LogP contribution in [0.4, 0.5) is 5.69 Å². The number of carbonyl (C=O) groups is 1. The summed E-state index contributed by atoms with van der Waals surface area (Å²) < 4.78 is 0. The van der Waals surface area contributed by atoms with Crippen LogP contribution in [-0.4, -0.2) is 41.6 Å². The third kappa shape index (κ3) is 3.21. The number of carbonyl (C=O) groups excluding carboxylic acids is 1. The maximum absolute atomic E-state index is 12.6. The molecule has 1 amide bonds. The molecule has 0 bridgehead atoms. The molecule has 0 saturated carbocycles. The zero-order chi connectivity index (χ0) is 15.4. The Labute approximate surface area is 127 Å². The van der Waals surface area contributed by atoms with Crippen molar-refractivity contribution in [2.75, 3.05) is 24.5 Å². The number of benzene rings is 1. The second-order valence-electron chi connectivity index (χ2n) is 5.60. The number of nitrogens with zero attached hydrogens (tertiary/aromatic N) is 2.